The maximum Gasteiger partial charge on any atom is 0.435 e. The van der Waals surface area contributed by atoms with Gasteiger partial charge in [0, 0.05) is 30.6 Å². The average Bonchev–Trinajstić information content (AvgIpc) is 3.37. The van der Waals surface area contributed by atoms with Crippen LogP contribution < -0.4 is 5.32 Å². The van der Waals surface area contributed by atoms with Crippen molar-refractivity contribution in [1.29, 1.82) is 0 Å². The molecular formula is C24H29ClF4N6O2. The first-order valence-corrected chi connectivity index (χ1v) is 12.1. The van der Waals surface area contributed by atoms with Crippen LogP contribution in [0.1, 0.15) is 36.1 Å². The summed E-state index contributed by atoms with van der Waals surface area (Å²) in [6.07, 6.45) is -6.07. The number of aliphatic hydroxyl groups is 1. The third-order valence-corrected chi connectivity index (χ3v) is 7.48. The van der Waals surface area contributed by atoms with E-state index < -0.39 is 35.6 Å². The molecule has 13 heteroatoms. The van der Waals surface area contributed by atoms with Gasteiger partial charge in [0.05, 0.1) is 30.5 Å². The molecular weight excluding hydrogens is 516 g/mol. The van der Waals surface area contributed by atoms with Crippen LogP contribution in [0.25, 0.3) is 0 Å². The molecule has 2 aliphatic heterocycles. The molecule has 4 atom stereocenters. The van der Waals surface area contributed by atoms with Gasteiger partial charge in [0.25, 0.3) is 0 Å². The van der Waals surface area contributed by atoms with E-state index in [0.29, 0.717) is 41.4 Å². The molecule has 0 amide bonds. The second-order valence-corrected chi connectivity index (χ2v) is 10.1. The van der Waals surface area contributed by atoms with Gasteiger partial charge in [0.1, 0.15) is 12.0 Å². The molecule has 0 radical (unpaired) electrons. The zero-order chi connectivity index (χ0) is 27.1. The van der Waals surface area contributed by atoms with Gasteiger partial charge in [-0.05, 0) is 56.8 Å². The summed E-state index contributed by atoms with van der Waals surface area (Å²) in [5, 5.41) is 16.9. The van der Waals surface area contributed by atoms with Gasteiger partial charge in [-0.3, -0.25) is 9.58 Å². The Labute approximate surface area is 217 Å². The topological polar surface area (TPSA) is 87.3 Å². The number of aryl methyl sites for hydroxylation is 2. The molecule has 3 heterocycles. The highest BCUT2D eigenvalue weighted by Gasteiger charge is 2.47. The van der Waals surface area contributed by atoms with Crippen molar-refractivity contribution in [3.63, 3.8) is 0 Å². The fraction of sp³-hybridized carbons (Fsp3) is 0.542. The molecule has 1 aromatic heterocycles. The number of nitrogens with zero attached hydrogens (tertiary/aromatic N) is 5. The molecule has 202 valence electrons. The number of piperidine rings is 1. The number of hydrogen-bond acceptors (Lipinski definition) is 5. The Hall–Kier alpha value is -2.54. The summed E-state index contributed by atoms with van der Waals surface area (Å²) in [6, 6.07) is 4.20. The number of anilines is 1. The van der Waals surface area contributed by atoms with Crippen molar-refractivity contribution in [2.45, 2.75) is 50.2 Å². The van der Waals surface area contributed by atoms with Crippen LogP contribution in [-0.2, 0) is 18.0 Å². The molecule has 0 aliphatic carbocycles. The van der Waals surface area contributed by atoms with Gasteiger partial charge in [-0.2, -0.15) is 18.3 Å². The number of halogens is 5. The highest BCUT2D eigenvalue weighted by Crippen LogP contribution is 2.41. The van der Waals surface area contributed by atoms with E-state index in [-0.39, 0.29) is 24.9 Å². The monoisotopic (exact) mass is 544 g/mol. The lowest BCUT2D eigenvalue weighted by Gasteiger charge is -2.45. The molecule has 2 aromatic rings. The zero-order valence-corrected chi connectivity index (χ0v) is 21.4. The van der Waals surface area contributed by atoms with Crippen molar-refractivity contribution in [1.82, 2.24) is 14.7 Å². The van der Waals surface area contributed by atoms with Crippen molar-refractivity contribution in [3.8, 4) is 0 Å². The number of aromatic nitrogens is 2. The van der Waals surface area contributed by atoms with E-state index in [4.69, 9.17) is 16.3 Å². The Morgan fingerprint density at radius 1 is 1.35 bits per heavy atom. The fourth-order valence-corrected chi connectivity index (χ4v) is 5.17. The zero-order valence-electron chi connectivity index (χ0n) is 20.7. The van der Waals surface area contributed by atoms with Gasteiger partial charge in [0.15, 0.2) is 5.69 Å². The molecule has 0 spiro atoms. The van der Waals surface area contributed by atoms with Crippen LogP contribution in [0.2, 0.25) is 5.02 Å². The van der Waals surface area contributed by atoms with E-state index in [9.17, 15) is 18.3 Å². The molecule has 8 nitrogen and oxygen atoms in total. The molecule has 2 aliphatic rings. The lowest BCUT2D eigenvalue weighted by molar-refractivity contribution is -0.141. The highest BCUT2D eigenvalue weighted by atomic mass is 35.5. The summed E-state index contributed by atoms with van der Waals surface area (Å²) < 4.78 is 61.0. The summed E-state index contributed by atoms with van der Waals surface area (Å²) >= 11 is 6.52. The van der Waals surface area contributed by atoms with Crippen molar-refractivity contribution >= 4 is 35.8 Å². The van der Waals surface area contributed by atoms with E-state index in [2.05, 4.69) is 27.1 Å². The minimum Gasteiger partial charge on any atom is -0.389 e. The average molecular weight is 545 g/mol. The molecule has 0 bridgehead atoms. The van der Waals surface area contributed by atoms with Crippen molar-refractivity contribution < 1.29 is 27.4 Å². The molecule has 2 fully saturated rings. The Kier molecular flexibility index (Phi) is 7.67. The number of likely N-dealkylation sites (tertiary alicyclic amines) is 1. The third-order valence-electron chi connectivity index (χ3n) is 7.15. The molecule has 2 saturated heterocycles. The van der Waals surface area contributed by atoms with Gasteiger partial charge < -0.3 is 15.2 Å². The number of guanidine groups is 1. The van der Waals surface area contributed by atoms with E-state index in [1.54, 1.807) is 19.1 Å². The smallest absolute Gasteiger partial charge is 0.389 e. The maximum absolute atomic E-state index is 15.5. The maximum atomic E-state index is 15.5. The first kappa shape index (κ1) is 27.5. The van der Waals surface area contributed by atoms with E-state index in [0.717, 1.165) is 10.7 Å². The van der Waals surface area contributed by atoms with Crippen LogP contribution >= 0.6 is 11.6 Å². The summed E-state index contributed by atoms with van der Waals surface area (Å²) in [5.74, 6) is -0.531. The van der Waals surface area contributed by atoms with E-state index >= 15 is 4.39 Å². The highest BCUT2D eigenvalue weighted by molar-refractivity contribution is 6.31. The van der Waals surface area contributed by atoms with Crippen LogP contribution in [0.4, 0.5) is 29.1 Å². The number of rotatable bonds is 4. The predicted octanol–water partition coefficient (Wildman–Crippen LogP) is 4.48. The number of nitrogens with one attached hydrogen (secondary N) is 1. The minimum absolute atomic E-state index is 0.0214. The van der Waals surface area contributed by atoms with Gasteiger partial charge >= 0.3 is 6.18 Å². The summed E-state index contributed by atoms with van der Waals surface area (Å²) in [4.78, 5) is 10.1. The fourth-order valence-electron chi connectivity index (χ4n) is 4.81. The van der Waals surface area contributed by atoms with E-state index in [1.807, 2.05) is 11.8 Å². The molecule has 2 N–H and O–H groups in total. The lowest BCUT2D eigenvalue weighted by Crippen LogP contribution is -2.58. The van der Waals surface area contributed by atoms with Gasteiger partial charge in [-0.1, -0.05) is 11.6 Å². The molecule has 37 heavy (non-hydrogen) atoms. The van der Waals surface area contributed by atoms with Crippen LogP contribution in [0.15, 0.2) is 28.2 Å². The van der Waals surface area contributed by atoms with E-state index in [1.165, 1.54) is 7.05 Å². The first-order valence-electron chi connectivity index (χ1n) is 11.7. The number of aliphatic hydroxyl groups excluding tert-OH is 1. The largest absolute Gasteiger partial charge is 0.435 e. The van der Waals surface area contributed by atoms with Crippen LogP contribution in [-0.4, -0.2) is 76.6 Å². The van der Waals surface area contributed by atoms with Gasteiger partial charge in [-0.25, -0.2) is 14.4 Å². The van der Waals surface area contributed by atoms with Crippen molar-refractivity contribution in [2.24, 2.45) is 17.0 Å². The first-order chi connectivity index (χ1) is 17.3. The van der Waals surface area contributed by atoms with Crippen LogP contribution in [0.3, 0.4) is 0 Å². The Bertz CT molecular complexity index is 1200. The van der Waals surface area contributed by atoms with Gasteiger partial charge in [-0.15, -0.1) is 0 Å². The Balaban J connectivity index is 1.57. The molecule has 4 rings (SSSR count). The normalized spacial score (nSPS) is 27.5. The predicted molar refractivity (Wildman–Crippen MR) is 134 cm³/mol. The number of benzene rings is 1. The van der Waals surface area contributed by atoms with Gasteiger partial charge in [0.2, 0.25) is 5.96 Å². The minimum atomic E-state index is -4.60. The number of hydrogen-bond donors (Lipinski definition) is 2. The lowest BCUT2D eigenvalue weighted by atomic mass is 9.84. The Morgan fingerprint density at radius 2 is 2.08 bits per heavy atom. The second-order valence-electron chi connectivity index (χ2n) is 9.66. The van der Waals surface area contributed by atoms with Crippen molar-refractivity contribution in [2.75, 3.05) is 31.6 Å². The summed E-state index contributed by atoms with van der Waals surface area (Å²) in [7, 11) is 1.36. The second kappa shape index (κ2) is 10.3. The standard InChI is InChI=1S/C24H29ClF4N6O2/c1-13-7-16(25)15(14-5-6-35(10-17(14)26)23(2)12-37-11-20(23)36)8-18(13)31-22(30-3)32-21-9-19(24(27,28)29)33-34(21)4/h7-9,14,17,20,36H,3,5-6,10-12H2,1-2,4H3,(H,31,32)/t14-,17+,20+,23-/m0/s1. The number of alkyl halides is 4. The van der Waals surface area contributed by atoms with Crippen molar-refractivity contribution in [3.05, 3.63) is 40.0 Å². The third kappa shape index (κ3) is 5.52. The summed E-state index contributed by atoms with van der Waals surface area (Å²) in [5.41, 5.74) is -0.0277. The Morgan fingerprint density at radius 3 is 2.65 bits per heavy atom. The molecule has 0 unspecified atom stereocenters. The number of ether oxygens (including phenoxy) is 1. The molecule has 1 aromatic carbocycles. The SMILES string of the molecule is C=N/C(=N\c1cc([C@@H]2CCN([C@@]3(C)COC[C@H]3O)C[C@H]2F)c(Cl)cc1C)Nc1cc(C(F)(F)F)nn1C. The molecule has 0 saturated carbocycles. The van der Waals surface area contributed by atoms with Crippen LogP contribution in [0, 0.1) is 6.92 Å². The number of aliphatic imine (C=N–C) groups is 2. The summed E-state index contributed by atoms with van der Waals surface area (Å²) in [6.45, 7) is 8.32. The quantitative estimate of drug-likeness (QED) is 0.337. The van der Waals surface area contributed by atoms with Crippen LogP contribution in [0.5, 0.6) is 0 Å².